The second-order valence-electron chi connectivity index (χ2n) is 4.44. The number of nitrogens with zero attached hydrogens (tertiary/aromatic N) is 3. The van der Waals surface area contributed by atoms with Crippen LogP contribution in [0.4, 0.5) is 0 Å². The number of aryl methyl sites for hydroxylation is 2. The lowest BCUT2D eigenvalue weighted by molar-refractivity contribution is 0.371. The Hall–Kier alpha value is -2.37. The van der Waals surface area contributed by atoms with E-state index in [0.29, 0.717) is 24.2 Å². The van der Waals surface area contributed by atoms with Crippen molar-refractivity contribution < 1.29 is 4.52 Å². The van der Waals surface area contributed by atoms with E-state index in [1.165, 1.54) is 11.1 Å². The van der Waals surface area contributed by atoms with E-state index < -0.39 is 0 Å². The molecule has 0 bridgehead atoms. The van der Waals surface area contributed by atoms with Gasteiger partial charge in [0, 0.05) is 13.6 Å². The van der Waals surface area contributed by atoms with Gasteiger partial charge in [0.25, 0.3) is 0 Å². The maximum absolute atomic E-state index is 5.03. The van der Waals surface area contributed by atoms with Crippen LogP contribution in [0.1, 0.15) is 22.8 Å². The van der Waals surface area contributed by atoms with E-state index in [1.54, 1.807) is 14.0 Å². The molecule has 0 aliphatic carbocycles. The molecule has 2 rings (SSSR count). The minimum atomic E-state index is 0.453. The topological polar surface area (TPSA) is 75.3 Å². The maximum Gasteiger partial charge on any atom is 0.246 e. The van der Waals surface area contributed by atoms with Crippen molar-refractivity contribution >= 4 is 5.96 Å². The Morgan fingerprint density at radius 2 is 1.95 bits per heavy atom. The summed E-state index contributed by atoms with van der Waals surface area (Å²) in [6, 6.07) is 8.25. The van der Waals surface area contributed by atoms with Crippen molar-refractivity contribution in [3.8, 4) is 0 Å². The number of aromatic nitrogens is 2. The molecule has 0 aliphatic rings. The number of aliphatic imine (C=N–C) groups is 1. The first-order chi connectivity index (χ1) is 9.69. The zero-order valence-electron chi connectivity index (χ0n) is 12.0. The van der Waals surface area contributed by atoms with Gasteiger partial charge in [0.05, 0.1) is 6.54 Å². The van der Waals surface area contributed by atoms with Gasteiger partial charge in [-0.25, -0.2) is 0 Å². The minimum absolute atomic E-state index is 0.453. The fourth-order valence-corrected chi connectivity index (χ4v) is 1.78. The van der Waals surface area contributed by atoms with E-state index in [9.17, 15) is 0 Å². The molecule has 106 valence electrons. The number of nitrogens with one attached hydrogen (secondary N) is 2. The molecule has 0 radical (unpaired) electrons. The van der Waals surface area contributed by atoms with Gasteiger partial charge in [-0.1, -0.05) is 29.4 Å². The van der Waals surface area contributed by atoms with Crippen molar-refractivity contribution in [3.63, 3.8) is 0 Å². The first-order valence-corrected chi connectivity index (χ1v) is 6.47. The molecular formula is C14H19N5O. The Balaban J connectivity index is 1.85. The Labute approximate surface area is 118 Å². The fourth-order valence-electron chi connectivity index (χ4n) is 1.78. The lowest BCUT2D eigenvalue weighted by Gasteiger charge is -2.11. The molecular weight excluding hydrogens is 254 g/mol. The minimum Gasteiger partial charge on any atom is -0.352 e. The molecule has 6 heteroatoms. The van der Waals surface area contributed by atoms with Gasteiger partial charge in [-0.2, -0.15) is 4.98 Å². The van der Waals surface area contributed by atoms with E-state index in [2.05, 4.69) is 44.8 Å². The molecule has 0 amide bonds. The van der Waals surface area contributed by atoms with E-state index in [1.807, 2.05) is 12.1 Å². The summed E-state index contributed by atoms with van der Waals surface area (Å²) in [6.45, 7) is 5.05. The standard InChI is InChI=1S/C14H19N5O/c1-10-6-4-5-7-12(10)8-16-14(15-3)17-9-13-18-11(2)19-20-13/h4-7H,8-9H2,1-3H3,(H2,15,16,17). The first-order valence-electron chi connectivity index (χ1n) is 6.47. The summed E-state index contributed by atoms with van der Waals surface area (Å²) in [5.41, 5.74) is 2.49. The Bertz CT molecular complexity index is 591. The highest BCUT2D eigenvalue weighted by atomic mass is 16.5. The molecule has 0 atom stereocenters. The van der Waals surface area contributed by atoms with E-state index >= 15 is 0 Å². The average Bonchev–Trinajstić information content (AvgIpc) is 2.86. The number of hydrogen-bond acceptors (Lipinski definition) is 4. The third kappa shape index (κ3) is 3.81. The highest BCUT2D eigenvalue weighted by molar-refractivity contribution is 5.79. The first kappa shape index (κ1) is 14.0. The SMILES string of the molecule is CN=C(NCc1nc(C)no1)NCc1ccccc1C. The van der Waals surface area contributed by atoms with Crippen molar-refractivity contribution in [2.24, 2.45) is 4.99 Å². The van der Waals surface area contributed by atoms with Gasteiger partial charge in [0.15, 0.2) is 11.8 Å². The van der Waals surface area contributed by atoms with Gasteiger partial charge in [-0.15, -0.1) is 0 Å². The molecule has 2 N–H and O–H groups in total. The molecule has 1 aromatic carbocycles. The van der Waals surface area contributed by atoms with Crippen LogP contribution in [-0.4, -0.2) is 23.1 Å². The molecule has 0 aliphatic heterocycles. The summed E-state index contributed by atoms with van der Waals surface area (Å²) in [5.74, 6) is 1.87. The largest absolute Gasteiger partial charge is 0.352 e. The van der Waals surface area contributed by atoms with Gasteiger partial charge in [0.2, 0.25) is 5.89 Å². The van der Waals surface area contributed by atoms with Crippen molar-refractivity contribution in [1.29, 1.82) is 0 Å². The Morgan fingerprint density at radius 1 is 1.20 bits per heavy atom. The van der Waals surface area contributed by atoms with Gasteiger partial charge in [-0.3, -0.25) is 4.99 Å². The normalized spacial score (nSPS) is 11.4. The van der Waals surface area contributed by atoms with Crippen LogP contribution in [0.25, 0.3) is 0 Å². The second kappa shape index (κ2) is 6.70. The van der Waals surface area contributed by atoms with Gasteiger partial charge in [0.1, 0.15) is 0 Å². The number of rotatable bonds is 4. The van der Waals surface area contributed by atoms with E-state index in [0.717, 1.165) is 6.54 Å². The van der Waals surface area contributed by atoms with Crippen molar-refractivity contribution in [2.45, 2.75) is 26.9 Å². The van der Waals surface area contributed by atoms with Crippen molar-refractivity contribution in [3.05, 3.63) is 47.1 Å². The van der Waals surface area contributed by atoms with Crippen LogP contribution in [0.2, 0.25) is 0 Å². The Kier molecular flexibility index (Phi) is 4.70. The van der Waals surface area contributed by atoms with Gasteiger partial charge >= 0.3 is 0 Å². The molecule has 0 unspecified atom stereocenters. The molecule has 20 heavy (non-hydrogen) atoms. The summed E-state index contributed by atoms with van der Waals surface area (Å²) in [5, 5.41) is 10.1. The third-order valence-corrected chi connectivity index (χ3v) is 2.91. The van der Waals surface area contributed by atoms with E-state index in [4.69, 9.17) is 4.52 Å². The summed E-state index contributed by atoms with van der Waals surface area (Å²) < 4.78 is 5.03. The molecule has 0 fully saturated rings. The number of guanidine groups is 1. The summed E-state index contributed by atoms with van der Waals surface area (Å²) in [4.78, 5) is 8.29. The monoisotopic (exact) mass is 273 g/mol. The van der Waals surface area contributed by atoms with Crippen LogP contribution in [0.5, 0.6) is 0 Å². The molecule has 0 saturated heterocycles. The van der Waals surface area contributed by atoms with Crippen molar-refractivity contribution in [1.82, 2.24) is 20.8 Å². The smallest absolute Gasteiger partial charge is 0.246 e. The average molecular weight is 273 g/mol. The molecule has 1 aromatic heterocycles. The Morgan fingerprint density at radius 3 is 2.60 bits per heavy atom. The number of benzene rings is 1. The van der Waals surface area contributed by atoms with Crippen LogP contribution in [0, 0.1) is 13.8 Å². The fraction of sp³-hybridized carbons (Fsp3) is 0.357. The van der Waals surface area contributed by atoms with E-state index in [-0.39, 0.29) is 0 Å². The molecule has 2 aromatic rings. The van der Waals surface area contributed by atoms with Gasteiger partial charge in [-0.05, 0) is 25.0 Å². The van der Waals surface area contributed by atoms with Crippen LogP contribution in [0.3, 0.4) is 0 Å². The summed E-state index contributed by atoms with van der Waals surface area (Å²) >= 11 is 0. The molecule has 6 nitrogen and oxygen atoms in total. The van der Waals surface area contributed by atoms with Crippen LogP contribution in [0.15, 0.2) is 33.8 Å². The lowest BCUT2D eigenvalue weighted by Crippen LogP contribution is -2.36. The predicted octanol–water partition coefficient (Wildman–Crippen LogP) is 1.55. The highest BCUT2D eigenvalue weighted by Gasteiger charge is 2.04. The zero-order chi connectivity index (χ0) is 14.4. The highest BCUT2D eigenvalue weighted by Crippen LogP contribution is 2.05. The maximum atomic E-state index is 5.03. The van der Waals surface area contributed by atoms with Crippen molar-refractivity contribution in [2.75, 3.05) is 7.05 Å². The molecule has 1 heterocycles. The zero-order valence-corrected chi connectivity index (χ0v) is 12.0. The quantitative estimate of drug-likeness (QED) is 0.653. The second-order valence-corrected chi connectivity index (χ2v) is 4.44. The number of hydrogen-bond donors (Lipinski definition) is 2. The van der Waals surface area contributed by atoms with Crippen LogP contribution in [-0.2, 0) is 13.1 Å². The van der Waals surface area contributed by atoms with Crippen LogP contribution < -0.4 is 10.6 Å². The van der Waals surface area contributed by atoms with Crippen LogP contribution >= 0.6 is 0 Å². The summed E-state index contributed by atoms with van der Waals surface area (Å²) in [6.07, 6.45) is 0. The predicted molar refractivity (Wildman–Crippen MR) is 77.3 cm³/mol. The summed E-state index contributed by atoms with van der Waals surface area (Å²) in [7, 11) is 1.73. The van der Waals surface area contributed by atoms with Gasteiger partial charge < -0.3 is 15.2 Å². The third-order valence-electron chi connectivity index (χ3n) is 2.91. The lowest BCUT2D eigenvalue weighted by atomic mass is 10.1. The molecule has 0 spiro atoms. The molecule has 0 saturated carbocycles.